The summed E-state index contributed by atoms with van der Waals surface area (Å²) in [5, 5.41) is 16.8. The van der Waals surface area contributed by atoms with Gasteiger partial charge in [0.15, 0.2) is 0 Å². The van der Waals surface area contributed by atoms with Crippen LogP contribution in [0.3, 0.4) is 0 Å². The molecule has 2 N–H and O–H groups in total. The molecule has 1 unspecified atom stereocenters. The molecular formula is C25H29F2N3O3S. The third kappa shape index (κ3) is 4.29. The van der Waals surface area contributed by atoms with Gasteiger partial charge >= 0.3 is 5.76 Å². The van der Waals surface area contributed by atoms with E-state index >= 15 is 8.78 Å². The Morgan fingerprint density at radius 2 is 2.06 bits per heavy atom. The monoisotopic (exact) mass is 489 g/mol. The van der Waals surface area contributed by atoms with E-state index in [9.17, 15) is 9.90 Å². The fourth-order valence-electron chi connectivity index (χ4n) is 5.53. The number of aromatic amines is 1. The lowest BCUT2D eigenvalue weighted by atomic mass is 9.56. The zero-order valence-electron chi connectivity index (χ0n) is 19.3. The molecule has 0 spiro atoms. The van der Waals surface area contributed by atoms with Gasteiger partial charge in [-0.3, -0.25) is 0 Å². The minimum Gasteiger partial charge on any atom is -0.391 e. The standard InChI is InChI=1S/C25H29F2N3O3S/c1-15-8-9-21(16-6-4-3-5-7-16)34-30(15)12-17-10-20(27)18(11-19(17)26)25(13-24(2,32)14-25)22-28-29-23(31)33-22/h4,6-7,10-11,15,21,32H,3,5,8-9,12-14H2,1-2H3,(H,29,31)/t15-,21?,24?,25?/m0/s1. The number of halogens is 2. The van der Waals surface area contributed by atoms with Gasteiger partial charge in [-0.1, -0.05) is 30.2 Å². The molecule has 2 heterocycles. The average molecular weight is 490 g/mol. The highest BCUT2D eigenvalue weighted by Gasteiger charge is 2.57. The number of benzene rings is 1. The van der Waals surface area contributed by atoms with E-state index in [1.54, 1.807) is 18.9 Å². The van der Waals surface area contributed by atoms with Crippen molar-refractivity contribution in [3.05, 3.63) is 75.1 Å². The van der Waals surface area contributed by atoms with Crippen molar-refractivity contribution in [2.75, 3.05) is 0 Å². The summed E-state index contributed by atoms with van der Waals surface area (Å²) < 4.78 is 38.1. The molecule has 0 amide bonds. The Balaban J connectivity index is 1.41. The third-order valence-electron chi connectivity index (χ3n) is 7.19. The lowest BCUT2D eigenvalue weighted by Crippen LogP contribution is -2.54. The maximum atomic E-state index is 15.5. The van der Waals surface area contributed by atoms with Crippen molar-refractivity contribution in [2.24, 2.45) is 0 Å². The van der Waals surface area contributed by atoms with Crippen LogP contribution in [0.15, 0.2) is 45.1 Å². The van der Waals surface area contributed by atoms with Crippen molar-refractivity contribution < 1.29 is 18.3 Å². The number of hydrogen-bond acceptors (Lipinski definition) is 6. The van der Waals surface area contributed by atoms with E-state index in [0.717, 1.165) is 25.7 Å². The van der Waals surface area contributed by atoms with Crippen LogP contribution in [0.1, 0.15) is 69.4 Å². The number of rotatable bonds is 5. The molecule has 182 valence electrons. The topological polar surface area (TPSA) is 82.4 Å². The molecule has 1 aliphatic heterocycles. The molecule has 1 aromatic carbocycles. The van der Waals surface area contributed by atoms with E-state index in [1.165, 1.54) is 17.7 Å². The number of hydrogen-bond donors (Lipinski definition) is 2. The van der Waals surface area contributed by atoms with Gasteiger partial charge in [0, 0.05) is 29.0 Å². The minimum atomic E-state index is -1.19. The van der Waals surface area contributed by atoms with E-state index in [0.29, 0.717) is 5.25 Å². The SMILES string of the molecule is C[C@H]1CCC(C2=CCCC=C2)SN1Cc1cc(F)c(C2(c3n[nH]c(=O)o3)CC(C)(O)C2)cc1F. The highest BCUT2D eigenvalue weighted by molar-refractivity contribution is 7.97. The lowest BCUT2D eigenvalue weighted by Gasteiger charge is -2.49. The van der Waals surface area contributed by atoms with Crippen LogP contribution in [0.5, 0.6) is 0 Å². The molecule has 2 aromatic rings. The van der Waals surface area contributed by atoms with Crippen molar-refractivity contribution in [2.45, 2.75) is 81.2 Å². The number of nitrogens with zero attached hydrogens (tertiary/aromatic N) is 2. The van der Waals surface area contributed by atoms with E-state index in [4.69, 9.17) is 4.42 Å². The molecule has 0 bridgehead atoms. The van der Waals surface area contributed by atoms with Crippen LogP contribution in [0, 0.1) is 11.6 Å². The van der Waals surface area contributed by atoms with Crippen LogP contribution < -0.4 is 5.76 Å². The van der Waals surface area contributed by atoms with Crippen LogP contribution in [0.4, 0.5) is 8.78 Å². The zero-order valence-corrected chi connectivity index (χ0v) is 20.1. The highest BCUT2D eigenvalue weighted by atomic mass is 32.2. The van der Waals surface area contributed by atoms with E-state index in [-0.39, 0.29) is 42.4 Å². The van der Waals surface area contributed by atoms with Gasteiger partial charge in [-0.15, -0.1) is 5.10 Å². The molecule has 1 saturated heterocycles. The van der Waals surface area contributed by atoms with Crippen molar-refractivity contribution in [1.29, 1.82) is 0 Å². The minimum absolute atomic E-state index is 0.0352. The maximum absolute atomic E-state index is 15.5. The van der Waals surface area contributed by atoms with Crippen LogP contribution in [0.25, 0.3) is 0 Å². The largest absolute Gasteiger partial charge is 0.434 e. The van der Waals surface area contributed by atoms with Crippen molar-refractivity contribution in [1.82, 2.24) is 14.5 Å². The van der Waals surface area contributed by atoms with Gasteiger partial charge in [0.2, 0.25) is 5.89 Å². The molecule has 1 saturated carbocycles. The number of nitrogens with one attached hydrogen (secondary N) is 1. The molecule has 2 aliphatic carbocycles. The second kappa shape index (κ2) is 8.77. The zero-order chi connectivity index (χ0) is 24.1. The fourth-order valence-corrected chi connectivity index (χ4v) is 6.93. The normalized spacial score (nSPS) is 31.9. The number of allylic oxidation sites excluding steroid dienone is 3. The predicted molar refractivity (Wildman–Crippen MR) is 126 cm³/mol. The molecule has 1 aromatic heterocycles. The van der Waals surface area contributed by atoms with Gasteiger partial charge in [-0.2, -0.15) is 0 Å². The molecule has 2 atom stereocenters. The maximum Gasteiger partial charge on any atom is 0.434 e. The summed E-state index contributed by atoms with van der Waals surface area (Å²) in [6.07, 6.45) is 11.0. The number of aromatic nitrogens is 2. The van der Waals surface area contributed by atoms with Gasteiger partial charge in [0.05, 0.1) is 11.0 Å². The second-order valence-electron chi connectivity index (χ2n) is 10.1. The molecule has 9 heteroatoms. The Hall–Kier alpha value is -2.23. The summed E-state index contributed by atoms with van der Waals surface area (Å²) in [6, 6.07) is 2.65. The van der Waals surface area contributed by atoms with Gasteiger partial charge < -0.3 is 9.52 Å². The second-order valence-corrected chi connectivity index (χ2v) is 11.3. The first kappa shape index (κ1) is 23.5. The Labute approximate surface area is 201 Å². The third-order valence-corrected chi connectivity index (χ3v) is 8.71. The first-order chi connectivity index (χ1) is 16.2. The molecule has 0 radical (unpaired) electrons. The first-order valence-electron chi connectivity index (χ1n) is 11.7. The Kier molecular flexibility index (Phi) is 6.06. The Morgan fingerprint density at radius 3 is 2.71 bits per heavy atom. The number of H-pyrrole nitrogens is 1. The molecule has 6 nitrogen and oxygen atoms in total. The summed E-state index contributed by atoms with van der Waals surface area (Å²) in [4.78, 5) is 11.5. The van der Waals surface area contributed by atoms with E-state index in [1.807, 2.05) is 0 Å². The Bertz CT molecular complexity index is 1190. The summed E-state index contributed by atoms with van der Waals surface area (Å²) in [5.41, 5.74) is -0.639. The summed E-state index contributed by atoms with van der Waals surface area (Å²) in [7, 11) is 0. The fraction of sp³-hybridized carbons (Fsp3) is 0.520. The summed E-state index contributed by atoms with van der Waals surface area (Å²) >= 11 is 1.71. The van der Waals surface area contributed by atoms with Crippen molar-refractivity contribution in [3.8, 4) is 0 Å². The summed E-state index contributed by atoms with van der Waals surface area (Å²) in [6.45, 7) is 4.01. The Morgan fingerprint density at radius 1 is 1.26 bits per heavy atom. The highest BCUT2D eigenvalue weighted by Crippen LogP contribution is 2.54. The van der Waals surface area contributed by atoms with Crippen molar-refractivity contribution in [3.63, 3.8) is 0 Å². The van der Waals surface area contributed by atoms with Gasteiger partial charge in [-0.05, 0) is 70.1 Å². The first-order valence-corrected chi connectivity index (χ1v) is 12.6. The summed E-state index contributed by atoms with van der Waals surface area (Å²) in [5.74, 6) is -1.92. The lowest BCUT2D eigenvalue weighted by molar-refractivity contribution is -0.0705. The smallest absolute Gasteiger partial charge is 0.391 e. The van der Waals surface area contributed by atoms with Crippen LogP contribution in [0.2, 0.25) is 0 Å². The van der Waals surface area contributed by atoms with Crippen molar-refractivity contribution >= 4 is 11.9 Å². The van der Waals surface area contributed by atoms with Gasteiger partial charge in [0.1, 0.15) is 11.6 Å². The van der Waals surface area contributed by atoms with Crippen LogP contribution in [-0.4, -0.2) is 36.5 Å². The molecule has 2 fully saturated rings. The van der Waals surface area contributed by atoms with E-state index < -0.39 is 28.4 Å². The number of aliphatic hydroxyl groups is 1. The van der Waals surface area contributed by atoms with E-state index in [2.05, 4.69) is 39.7 Å². The van der Waals surface area contributed by atoms with Gasteiger partial charge in [0.25, 0.3) is 0 Å². The van der Waals surface area contributed by atoms with Gasteiger partial charge in [-0.25, -0.2) is 23.0 Å². The quantitative estimate of drug-likeness (QED) is 0.590. The van der Waals surface area contributed by atoms with Crippen LogP contribution in [-0.2, 0) is 12.0 Å². The molecule has 34 heavy (non-hydrogen) atoms. The molecule has 3 aliphatic rings. The molecular weight excluding hydrogens is 460 g/mol. The van der Waals surface area contributed by atoms with Crippen LogP contribution >= 0.6 is 11.9 Å². The molecule has 5 rings (SSSR count). The predicted octanol–water partition coefficient (Wildman–Crippen LogP) is 4.75. The average Bonchev–Trinajstić information content (AvgIpc) is 3.23.